The number of nitrogens with one attached hydrogen (secondary N) is 1. The molecule has 0 aliphatic heterocycles. The Kier molecular flexibility index (Phi) is 2.83. The van der Waals surface area contributed by atoms with Crippen molar-refractivity contribution in [2.45, 2.75) is 44.9 Å². The van der Waals surface area contributed by atoms with Crippen molar-refractivity contribution < 1.29 is 14.7 Å². The standard InChI is InChI=1S/C14H21NO3/c16-12(17)1-2-15-13(18)14-6-9-3-10(7-14)5-11(4-9)8-14/h9-11H,1-8H2,(H,15,18)(H,16,17)/p-1. The van der Waals surface area contributed by atoms with Gasteiger partial charge in [-0.1, -0.05) is 0 Å². The van der Waals surface area contributed by atoms with Crippen LogP contribution in [0.1, 0.15) is 44.9 Å². The fraction of sp³-hybridized carbons (Fsp3) is 0.857. The molecule has 0 aromatic carbocycles. The predicted octanol–water partition coefficient (Wildman–Crippen LogP) is 0.459. The molecule has 0 atom stereocenters. The molecule has 4 bridgehead atoms. The van der Waals surface area contributed by atoms with Crippen molar-refractivity contribution in [1.82, 2.24) is 5.32 Å². The van der Waals surface area contributed by atoms with Gasteiger partial charge in [0.1, 0.15) is 0 Å². The molecule has 1 amide bonds. The van der Waals surface area contributed by atoms with Gasteiger partial charge in [0.2, 0.25) is 5.91 Å². The molecule has 0 aromatic heterocycles. The quantitative estimate of drug-likeness (QED) is 0.788. The van der Waals surface area contributed by atoms with Gasteiger partial charge in [0.25, 0.3) is 0 Å². The lowest BCUT2D eigenvalue weighted by Crippen LogP contribution is -2.53. The lowest BCUT2D eigenvalue weighted by Gasteiger charge is -2.55. The molecule has 0 saturated heterocycles. The smallest absolute Gasteiger partial charge is 0.226 e. The van der Waals surface area contributed by atoms with Gasteiger partial charge in [-0.2, -0.15) is 0 Å². The maximum Gasteiger partial charge on any atom is 0.226 e. The second kappa shape index (κ2) is 4.25. The van der Waals surface area contributed by atoms with Crippen LogP contribution in [0.5, 0.6) is 0 Å². The summed E-state index contributed by atoms with van der Waals surface area (Å²) in [4.78, 5) is 22.7. The number of hydrogen-bond acceptors (Lipinski definition) is 3. The number of carboxylic acids is 1. The minimum Gasteiger partial charge on any atom is -0.550 e. The fourth-order valence-electron chi connectivity index (χ4n) is 4.85. The summed E-state index contributed by atoms with van der Waals surface area (Å²) >= 11 is 0. The summed E-state index contributed by atoms with van der Waals surface area (Å²) in [5.74, 6) is 1.22. The molecular weight excluding hydrogens is 230 g/mol. The van der Waals surface area contributed by atoms with Crippen molar-refractivity contribution in [3.63, 3.8) is 0 Å². The first-order valence-electron chi connectivity index (χ1n) is 7.05. The van der Waals surface area contributed by atoms with Gasteiger partial charge in [-0.3, -0.25) is 4.79 Å². The van der Waals surface area contributed by atoms with Crippen LogP contribution in [0.25, 0.3) is 0 Å². The van der Waals surface area contributed by atoms with E-state index in [1.807, 2.05) is 0 Å². The highest BCUT2D eigenvalue weighted by molar-refractivity contribution is 5.83. The van der Waals surface area contributed by atoms with Gasteiger partial charge < -0.3 is 15.2 Å². The molecule has 0 aromatic rings. The third kappa shape index (κ3) is 2.02. The number of hydrogen-bond donors (Lipinski definition) is 1. The Labute approximate surface area is 107 Å². The van der Waals surface area contributed by atoms with Crippen LogP contribution >= 0.6 is 0 Å². The molecule has 100 valence electrons. The van der Waals surface area contributed by atoms with Gasteiger partial charge in [0.15, 0.2) is 0 Å². The number of carboxylic acid groups (broad SMARTS) is 1. The normalized spacial score (nSPS) is 40.8. The van der Waals surface area contributed by atoms with Gasteiger partial charge in [-0.15, -0.1) is 0 Å². The summed E-state index contributed by atoms with van der Waals surface area (Å²) in [6, 6.07) is 0. The summed E-state index contributed by atoms with van der Waals surface area (Å²) in [5.41, 5.74) is -0.166. The van der Waals surface area contributed by atoms with Crippen LogP contribution in [0.3, 0.4) is 0 Å². The zero-order chi connectivity index (χ0) is 12.8. The first-order chi connectivity index (χ1) is 8.57. The van der Waals surface area contributed by atoms with Gasteiger partial charge in [-0.05, 0) is 56.3 Å². The summed E-state index contributed by atoms with van der Waals surface area (Å²) in [6.07, 6.45) is 6.92. The largest absolute Gasteiger partial charge is 0.550 e. The Hall–Kier alpha value is -1.06. The Bertz CT molecular complexity index is 342. The Morgan fingerprint density at radius 3 is 2.00 bits per heavy atom. The van der Waals surface area contributed by atoms with Gasteiger partial charge in [-0.25, -0.2) is 0 Å². The molecule has 4 fully saturated rings. The Balaban J connectivity index is 1.64. The molecule has 4 aliphatic rings. The lowest BCUT2D eigenvalue weighted by molar-refractivity contribution is -0.305. The highest BCUT2D eigenvalue weighted by Crippen LogP contribution is 2.60. The number of rotatable bonds is 4. The zero-order valence-corrected chi connectivity index (χ0v) is 10.6. The van der Waals surface area contributed by atoms with E-state index in [1.54, 1.807) is 0 Å². The van der Waals surface area contributed by atoms with Crippen molar-refractivity contribution in [1.29, 1.82) is 0 Å². The Morgan fingerprint density at radius 1 is 1.06 bits per heavy atom. The molecule has 18 heavy (non-hydrogen) atoms. The number of amides is 1. The summed E-state index contributed by atoms with van der Waals surface area (Å²) < 4.78 is 0. The SMILES string of the molecule is O=C([O-])CCNC(=O)C12CC3CC(CC(C3)C1)C2. The highest BCUT2D eigenvalue weighted by Gasteiger charge is 2.54. The fourth-order valence-corrected chi connectivity index (χ4v) is 4.85. The van der Waals surface area contributed by atoms with E-state index in [2.05, 4.69) is 5.32 Å². The number of aliphatic carboxylic acids is 1. The van der Waals surface area contributed by atoms with E-state index in [1.165, 1.54) is 19.3 Å². The van der Waals surface area contributed by atoms with Crippen LogP contribution in [0.2, 0.25) is 0 Å². The molecule has 0 radical (unpaired) electrons. The van der Waals surface area contributed by atoms with Crippen LogP contribution in [0.15, 0.2) is 0 Å². The average Bonchev–Trinajstić information content (AvgIpc) is 2.26. The third-order valence-electron chi connectivity index (χ3n) is 5.13. The van der Waals surface area contributed by atoms with E-state index >= 15 is 0 Å². The van der Waals surface area contributed by atoms with Crippen LogP contribution in [-0.2, 0) is 9.59 Å². The highest BCUT2D eigenvalue weighted by atomic mass is 16.4. The molecule has 4 aliphatic carbocycles. The predicted molar refractivity (Wildman–Crippen MR) is 63.2 cm³/mol. The molecular formula is C14H20NO3-. The summed E-state index contributed by atoms with van der Waals surface area (Å²) in [6.45, 7) is 0.211. The van der Waals surface area contributed by atoms with Gasteiger partial charge >= 0.3 is 0 Å². The first-order valence-corrected chi connectivity index (χ1v) is 7.05. The maximum atomic E-state index is 12.4. The molecule has 4 saturated carbocycles. The van der Waals surface area contributed by atoms with Crippen LogP contribution < -0.4 is 10.4 Å². The summed E-state index contributed by atoms with van der Waals surface area (Å²) in [7, 11) is 0. The number of carbonyl (C=O) groups excluding carboxylic acids is 2. The van der Waals surface area contributed by atoms with Crippen molar-refractivity contribution in [3.8, 4) is 0 Å². The maximum absolute atomic E-state index is 12.4. The van der Waals surface area contributed by atoms with Gasteiger partial charge in [0.05, 0.1) is 0 Å². The monoisotopic (exact) mass is 250 g/mol. The van der Waals surface area contributed by atoms with E-state index in [-0.39, 0.29) is 24.3 Å². The summed E-state index contributed by atoms with van der Waals surface area (Å²) in [5, 5.41) is 13.2. The molecule has 4 heteroatoms. The second-order valence-corrected chi connectivity index (χ2v) is 6.58. The third-order valence-corrected chi connectivity index (χ3v) is 5.13. The van der Waals surface area contributed by atoms with Crippen LogP contribution in [0, 0.1) is 23.2 Å². The molecule has 4 nitrogen and oxygen atoms in total. The minimum atomic E-state index is -1.10. The molecule has 4 rings (SSSR count). The van der Waals surface area contributed by atoms with E-state index in [9.17, 15) is 14.7 Å². The second-order valence-electron chi connectivity index (χ2n) is 6.58. The lowest BCUT2D eigenvalue weighted by atomic mass is 9.49. The molecule has 1 N–H and O–H groups in total. The van der Waals surface area contributed by atoms with E-state index < -0.39 is 5.97 Å². The van der Waals surface area contributed by atoms with E-state index in [4.69, 9.17) is 0 Å². The zero-order valence-electron chi connectivity index (χ0n) is 10.6. The van der Waals surface area contributed by atoms with Crippen molar-refractivity contribution in [2.24, 2.45) is 23.2 Å². The average molecular weight is 250 g/mol. The van der Waals surface area contributed by atoms with Gasteiger partial charge in [0, 0.05) is 24.3 Å². The first kappa shape index (κ1) is 12.0. The molecule has 0 spiro atoms. The van der Waals surface area contributed by atoms with Crippen molar-refractivity contribution in [2.75, 3.05) is 6.54 Å². The van der Waals surface area contributed by atoms with Crippen LogP contribution in [-0.4, -0.2) is 18.4 Å². The van der Waals surface area contributed by atoms with E-state index in [0.29, 0.717) is 0 Å². The van der Waals surface area contributed by atoms with Crippen LogP contribution in [0.4, 0.5) is 0 Å². The molecule has 0 heterocycles. The van der Waals surface area contributed by atoms with E-state index in [0.717, 1.165) is 37.0 Å². The number of carbonyl (C=O) groups is 2. The molecule has 0 unspecified atom stereocenters. The minimum absolute atomic E-state index is 0.0852. The Morgan fingerprint density at radius 2 is 1.56 bits per heavy atom. The van der Waals surface area contributed by atoms with Crippen molar-refractivity contribution >= 4 is 11.9 Å². The topological polar surface area (TPSA) is 69.2 Å². The van der Waals surface area contributed by atoms with Crippen molar-refractivity contribution in [3.05, 3.63) is 0 Å².